The van der Waals surface area contributed by atoms with Crippen LogP contribution in [0.25, 0.3) is 22.3 Å². The molecule has 0 aliphatic heterocycles. The number of fused-ring (bicyclic) bond motifs is 1. The molecule has 3 aromatic rings. The molecule has 8 heteroatoms. The van der Waals surface area contributed by atoms with Crippen molar-refractivity contribution in [3.63, 3.8) is 0 Å². The van der Waals surface area contributed by atoms with Crippen LogP contribution in [0.1, 0.15) is 0 Å². The summed E-state index contributed by atoms with van der Waals surface area (Å²) in [6.45, 7) is 0. The highest BCUT2D eigenvalue weighted by atomic mass is 79.9. The van der Waals surface area contributed by atoms with Gasteiger partial charge in [-0.25, -0.2) is 9.59 Å². The molecule has 0 aliphatic rings. The highest BCUT2D eigenvalue weighted by Gasteiger charge is 2.16. The van der Waals surface area contributed by atoms with Gasteiger partial charge in [-0.1, -0.05) is 28.1 Å². The van der Waals surface area contributed by atoms with Crippen molar-refractivity contribution in [2.45, 2.75) is 0 Å². The molecule has 0 saturated heterocycles. The maximum absolute atomic E-state index is 12.5. The molecule has 22 heavy (non-hydrogen) atoms. The topological polar surface area (TPSA) is 89.8 Å². The minimum Gasteiger partial charge on any atom is -0.304 e. The van der Waals surface area contributed by atoms with Gasteiger partial charge in [-0.15, -0.1) is 0 Å². The lowest BCUT2D eigenvalue weighted by Gasteiger charge is -2.10. The number of nitrogens with one attached hydrogen (secondary N) is 1. The number of rotatable bonds is 1. The van der Waals surface area contributed by atoms with Crippen LogP contribution in [0.15, 0.2) is 43.1 Å². The average molecular weight is 363 g/mol. The minimum atomic E-state index is -0.620. The molecule has 0 bridgehead atoms. The average Bonchev–Trinajstić information content (AvgIpc) is 2.50. The fourth-order valence-corrected chi connectivity index (χ4v) is 2.74. The smallest absolute Gasteiger partial charge is 0.304 e. The maximum atomic E-state index is 12.5. The lowest BCUT2D eigenvalue weighted by atomic mass is 10.1. The first-order chi connectivity index (χ1) is 10.4. The van der Waals surface area contributed by atoms with Gasteiger partial charge in [0.2, 0.25) is 0 Å². The molecule has 1 N–H and O–H groups in total. The Morgan fingerprint density at radius 2 is 1.86 bits per heavy atom. The Bertz CT molecular complexity index is 1080. The van der Waals surface area contributed by atoms with Gasteiger partial charge in [0.05, 0.1) is 5.69 Å². The van der Waals surface area contributed by atoms with E-state index in [1.165, 1.54) is 18.7 Å². The number of aromatic nitrogens is 4. The molecule has 112 valence electrons. The standard InChI is InChI=1S/C14H11BrN4O3/c1-18-11-9(12(20)19(2)14(18)22)10(16-13(21)17-11)7-4-3-5-8(15)6-7/h3-6H,1-2H3,(H,16,17,21). The van der Waals surface area contributed by atoms with Crippen molar-refractivity contribution >= 4 is 27.0 Å². The van der Waals surface area contributed by atoms with Crippen LogP contribution < -0.4 is 16.9 Å². The molecule has 0 radical (unpaired) electrons. The van der Waals surface area contributed by atoms with Crippen LogP contribution in [0.2, 0.25) is 0 Å². The summed E-state index contributed by atoms with van der Waals surface area (Å²) >= 11 is 3.35. The molecule has 0 fully saturated rings. The summed E-state index contributed by atoms with van der Waals surface area (Å²) in [5, 5.41) is 0.197. The molecule has 3 rings (SSSR count). The van der Waals surface area contributed by atoms with Crippen LogP contribution in [0.5, 0.6) is 0 Å². The third kappa shape index (κ3) is 2.12. The summed E-state index contributed by atoms with van der Waals surface area (Å²) in [6, 6.07) is 7.16. The summed E-state index contributed by atoms with van der Waals surface area (Å²) < 4.78 is 2.98. The molecule has 0 saturated carbocycles. The van der Waals surface area contributed by atoms with E-state index in [2.05, 4.69) is 25.9 Å². The third-order valence-electron chi connectivity index (χ3n) is 3.44. The van der Waals surface area contributed by atoms with Crippen molar-refractivity contribution < 1.29 is 0 Å². The summed E-state index contributed by atoms with van der Waals surface area (Å²) in [6.07, 6.45) is 0. The zero-order chi connectivity index (χ0) is 16.0. The number of hydrogen-bond donors (Lipinski definition) is 1. The first kappa shape index (κ1) is 14.5. The van der Waals surface area contributed by atoms with Crippen molar-refractivity contribution in [3.05, 3.63) is 60.1 Å². The van der Waals surface area contributed by atoms with E-state index in [0.29, 0.717) is 11.3 Å². The van der Waals surface area contributed by atoms with Gasteiger partial charge in [0.1, 0.15) is 5.39 Å². The fraction of sp³-hybridized carbons (Fsp3) is 0.143. The SMILES string of the molecule is Cn1c(=O)c2c(-c3cccc(Br)c3)[nH]c(=O)nc2n(C)c1=O. The quantitative estimate of drug-likeness (QED) is 0.691. The van der Waals surface area contributed by atoms with Crippen LogP contribution >= 0.6 is 15.9 Å². The second kappa shape index (κ2) is 5.06. The normalized spacial score (nSPS) is 11.0. The third-order valence-corrected chi connectivity index (χ3v) is 3.93. The number of aromatic amines is 1. The molecular weight excluding hydrogens is 352 g/mol. The van der Waals surface area contributed by atoms with E-state index in [9.17, 15) is 14.4 Å². The summed E-state index contributed by atoms with van der Waals surface area (Å²) in [4.78, 5) is 42.6. The molecular formula is C14H11BrN4O3. The van der Waals surface area contributed by atoms with E-state index in [0.717, 1.165) is 9.04 Å². The first-order valence-corrected chi connectivity index (χ1v) is 7.15. The predicted octanol–water partition coefficient (Wildman–Crippen LogP) is 0.750. The molecule has 1 aromatic carbocycles. The Labute approximate surface area is 132 Å². The van der Waals surface area contributed by atoms with Crippen LogP contribution in [0, 0.1) is 0 Å². The molecule has 0 aliphatic carbocycles. The van der Waals surface area contributed by atoms with E-state index < -0.39 is 16.9 Å². The fourth-order valence-electron chi connectivity index (χ4n) is 2.34. The van der Waals surface area contributed by atoms with E-state index >= 15 is 0 Å². The molecule has 0 spiro atoms. The van der Waals surface area contributed by atoms with E-state index in [-0.39, 0.29) is 11.0 Å². The van der Waals surface area contributed by atoms with Crippen LogP contribution in [-0.2, 0) is 14.1 Å². The predicted molar refractivity (Wildman–Crippen MR) is 86.0 cm³/mol. The number of benzene rings is 1. The zero-order valence-corrected chi connectivity index (χ0v) is 13.3. The highest BCUT2D eigenvalue weighted by molar-refractivity contribution is 9.10. The van der Waals surface area contributed by atoms with Crippen molar-refractivity contribution in [2.24, 2.45) is 14.1 Å². The molecule has 0 unspecified atom stereocenters. The second-order valence-corrected chi connectivity index (χ2v) is 5.75. The van der Waals surface area contributed by atoms with Gasteiger partial charge in [0.15, 0.2) is 5.65 Å². The Kier molecular flexibility index (Phi) is 3.32. The van der Waals surface area contributed by atoms with Crippen LogP contribution in [-0.4, -0.2) is 19.1 Å². The maximum Gasteiger partial charge on any atom is 0.347 e. The van der Waals surface area contributed by atoms with Gasteiger partial charge in [-0.2, -0.15) is 4.98 Å². The largest absolute Gasteiger partial charge is 0.347 e. The van der Waals surface area contributed by atoms with E-state index in [4.69, 9.17) is 0 Å². The zero-order valence-electron chi connectivity index (χ0n) is 11.8. The van der Waals surface area contributed by atoms with Gasteiger partial charge in [0.25, 0.3) is 5.56 Å². The van der Waals surface area contributed by atoms with Gasteiger partial charge < -0.3 is 4.98 Å². The Balaban J connectivity index is 2.59. The van der Waals surface area contributed by atoms with Gasteiger partial charge in [-0.05, 0) is 12.1 Å². The van der Waals surface area contributed by atoms with E-state index in [1.807, 2.05) is 6.07 Å². The second-order valence-electron chi connectivity index (χ2n) is 4.83. The van der Waals surface area contributed by atoms with Crippen molar-refractivity contribution in [1.29, 1.82) is 0 Å². The molecule has 2 heterocycles. The summed E-state index contributed by atoms with van der Waals surface area (Å²) in [5.41, 5.74) is -0.604. The Morgan fingerprint density at radius 3 is 2.55 bits per heavy atom. The lowest BCUT2D eigenvalue weighted by Crippen LogP contribution is -2.38. The number of halogens is 1. The van der Waals surface area contributed by atoms with Gasteiger partial charge in [-0.3, -0.25) is 13.9 Å². The summed E-state index contributed by atoms with van der Waals surface area (Å²) in [7, 11) is 2.86. The van der Waals surface area contributed by atoms with E-state index in [1.54, 1.807) is 18.2 Å². The monoisotopic (exact) mass is 362 g/mol. The first-order valence-electron chi connectivity index (χ1n) is 6.36. The number of aryl methyl sites for hydroxylation is 1. The Morgan fingerprint density at radius 1 is 1.14 bits per heavy atom. The molecule has 2 aromatic heterocycles. The number of H-pyrrole nitrogens is 1. The highest BCUT2D eigenvalue weighted by Crippen LogP contribution is 2.24. The molecule has 7 nitrogen and oxygen atoms in total. The molecule has 0 atom stereocenters. The van der Waals surface area contributed by atoms with Crippen molar-refractivity contribution in [1.82, 2.24) is 19.1 Å². The number of hydrogen-bond acceptors (Lipinski definition) is 4. The van der Waals surface area contributed by atoms with Crippen LogP contribution in [0.4, 0.5) is 0 Å². The van der Waals surface area contributed by atoms with Gasteiger partial charge in [0, 0.05) is 24.1 Å². The van der Waals surface area contributed by atoms with Crippen molar-refractivity contribution in [2.75, 3.05) is 0 Å². The van der Waals surface area contributed by atoms with Crippen molar-refractivity contribution in [3.8, 4) is 11.3 Å². The lowest BCUT2D eigenvalue weighted by molar-refractivity contribution is 0.705. The minimum absolute atomic E-state index is 0.0619. The summed E-state index contributed by atoms with van der Waals surface area (Å²) in [5.74, 6) is 0. The van der Waals surface area contributed by atoms with Gasteiger partial charge >= 0.3 is 11.4 Å². The van der Waals surface area contributed by atoms with Crippen LogP contribution in [0.3, 0.4) is 0 Å². The Hall–Kier alpha value is -2.48. The number of nitrogens with zero attached hydrogens (tertiary/aromatic N) is 3. The molecule has 0 amide bonds.